The number of hydroxylamine groups is 1. The van der Waals surface area contributed by atoms with Gasteiger partial charge in [-0.15, -0.1) is 12.4 Å². The van der Waals surface area contributed by atoms with Crippen molar-refractivity contribution < 1.29 is 9.63 Å². The Morgan fingerprint density at radius 1 is 1.05 bits per heavy atom. The van der Waals surface area contributed by atoms with Gasteiger partial charge in [-0.2, -0.15) is 5.48 Å². The smallest absolute Gasteiger partial charge is 0.166 e. The zero-order chi connectivity index (χ0) is 14.2. The average Bonchev–Trinajstić information content (AvgIpc) is 2.49. The van der Waals surface area contributed by atoms with Crippen molar-refractivity contribution in [3.05, 3.63) is 65.7 Å². The maximum Gasteiger partial charge on any atom is 0.166 e. The van der Waals surface area contributed by atoms with Gasteiger partial charge >= 0.3 is 0 Å². The third-order valence-electron chi connectivity index (χ3n) is 2.97. The van der Waals surface area contributed by atoms with Gasteiger partial charge < -0.3 is 4.84 Å². The summed E-state index contributed by atoms with van der Waals surface area (Å²) in [5, 5.41) is 0. The fourth-order valence-corrected chi connectivity index (χ4v) is 1.94. The van der Waals surface area contributed by atoms with Gasteiger partial charge in [0.2, 0.25) is 0 Å². The Kier molecular flexibility index (Phi) is 7.51. The SMILES string of the molecule is CCCC(=O)c1ccccc1ONCc1ccccc1.Cl. The Balaban J connectivity index is 0.00000220. The number of ketones is 1. The first-order chi connectivity index (χ1) is 9.81. The molecule has 0 saturated carbocycles. The number of carbonyl (C=O) groups is 1. The van der Waals surface area contributed by atoms with Crippen LogP contribution in [0.1, 0.15) is 35.7 Å². The van der Waals surface area contributed by atoms with Gasteiger partial charge in [0, 0.05) is 6.42 Å². The first-order valence-electron chi connectivity index (χ1n) is 6.87. The van der Waals surface area contributed by atoms with Crippen LogP contribution in [-0.4, -0.2) is 5.78 Å². The number of para-hydroxylation sites is 1. The van der Waals surface area contributed by atoms with Gasteiger partial charge in [-0.1, -0.05) is 49.4 Å². The van der Waals surface area contributed by atoms with Crippen LogP contribution in [0.3, 0.4) is 0 Å². The lowest BCUT2D eigenvalue weighted by atomic mass is 10.1. The van der Waals surface area contributed by atoms with E-state index in [4.69, 9.17) is 4.84 Å². The predicted octanol–water partition coefficient (Wildman–Crippen LogP) is 4.17. The molecule has 3 nitrogen and oxygen atoms in total. The van der Waals surface area contributed by atoms with Crippen molar-refractivity contribution in [2.75, 3.05) is 0 Å². The molecule has 0 amide bonds. The molecule has 1 N–H and O–H groups in total. The third kappa shape index (κ3) is 5.21. The van der Waals surface area contributed by atoms with E-state index in [1.54, 1.807) is 12.1 Å². The topological polar surface area (TPSA) is 38.3 Å². The number of halogens is 1. The standard InChI is InChI=1S/C17H19NO2.ClH/c1-2-8-16(19)15-11-6-7-12-17(15)20-18-13-14-9-4-3-5-10-14;/h3-7,9-12,18H,2,8,13H2,1H3;1H. The highest BCUT2D eigenvalue weighted by Gasteiger charge is 2.11. The van der Waals surface area contributed by atoms with Crippen LogP contribution in [0.5, 0.6) is 5.75 Å². The second kappa shape index (κ2) is 9.16. The van der Waals surface area contributed by atoms with Crippen molar-refractivity contribution >= 4 is 18.2 Å². The van der Waals surface area contributed by atoms with Crippen molar-refractivity contribution in [2.45, 2.75) is 26.3 Å². The van der Waals surface area contributed by atoms with Crippen molar-refractivity contribution in [2.24, 2.45) is 0 Å². The molecule has 0 fully saturated rings. The van der Waals surface area contributed by atoms with E-state index in [0.717, 1.165) is 12.0 Å². The number of nitrogens with one attached hydrogen (secondary N) is 1. The van der Waals surface area contributed by atoms with Gasteiger partial charge in [-0.05, 0) is 24.1 Å². The van der Waals surface area contributed by atoms with Crippen molar-refractivity contribution in [1.29, 1.82) is 0 Å². The van der Waals surface area contributed by atoms with Gasteiger partial charge in [0.05, 0.1) is 12.1 Å². The van der Waals surface area contributed by atoms with Gasteiger partial charge in [0.1, 0.15) is 0 Å². The van der Waals surface area contributed by atoms with E-state index >= 15 is 0 Å². The fourth-order valence-electron chi connectivity index (χ4n) is 1.94. The molecule has 0 atom stereocenters. The van der Waals surface area contributed by atoms with Gasteiger partial charge in [0.25, 0.3) is 0 Å². The maximum absolute atomic E-state index is 12.0. The van der Waals surface area contributed by atoms with E-state index in [1.807, 2.05) is 49.4 Å². The number of hydrogen-bond acceptors (Lipinski definition) is 3. The van der Waals surface area contributed by atoms with Gasteiger partial charge in [-0.25, -0.2) is 0 Å². The van der Waals surface area contributed by atoms with Crippen LogP contribution in [0.15, 0.2) is 54.6 Å². The number of hydrogen-bond donors (Lipinski definition) is 1. The average molecular weight is 306 g/mol. The highest BCUT2D eigenvalue weighted by molar-refractivity contribution is 5.98. The molecule has 0 spiro atoms. The van der Waals surface area contributed by atoms with Crippen LogP contribution in [0, 0.1) is 0 Å². The van der Waals surface area contributed by atoms with Crippen LogP contribution in [0.25, 0.3) is 0 Å². The predicted molar refractivity (Wildman–Crippen MR) is 86.8 cm³/mol. The minimum atomic E-state index is 0. The molecular formula is C17H20ClNO2. The molecule has 0 unspecified atom stereocenters. The second-order valence-corrected chi connectivity index (χ2v) is 4.58. The Morgan fingerprint density at radius 3 is 2.43 bits per heavy atom. The summed E-state index contributed by atoms with van der Waals surface area (Å²) in [4.78, 5) is 17.5. The van der Waals surface area contributed by atoms with E-state index < -0.39 is 0 Å². The highest BCUT2D eigenvalue weighted by atomic mass is 35.5. The molecule has 0 aliphatic rings. The Bertz CT molecular complexity index is 558. The molecule has 0 aliphatic heterocycles. The van der Waals surface area contributed by atoms with Crippen molar-refractivity contribution in [3.8, 4) is 5.75 Å². The largest absolute Gasteiger partial charge is 0.408 e. The summed E-state index contributed by atoms with van der Waals surface area (Å²) >= 11 is 0. The van der Waals surface area contributed by atoms with Crippen molar-refractivity contribution in [1.82, 2.24) is 5.48 Å². The lowest BCUT2D eigenvalue weighted by Gasteiger charge is -2.10. The second-order valence-electron chi connectivity index (χ2n) is 4.58. The number of benzene rings is 2. The van der Waals surface area contributed by atoms with Crippen LogP contribution < -0.4 is 10.3 Å². The Hall–Kier alpha value is -1.84. The van der Waals surface area contributed by atoms with Crippen LogP contribution >= 0.6 is 12.4 Å². The molecule has 112 valence electrons. The summed E-state index contributed by atoms with van der Waals surface area (Å²) in [6, 6.07) is 17.3. The molecule has 0 aromatic heterocycles. The molecule has 2 aromatic rings. The molecular weight excluding hydrogens is 286 g/mol. The minimum absolute atomic E-state index is 0. The molecule has 21 heavy (non-hydrogen) atoms. The Labute approximate surface area is 131 Å². The molecule has 0 bridgehead atoms. The monoisotopic (exact) mass is 305 g/mol. The molecule has 0 heterocycles. The normalized spacial score (nSPS) is 9.76. The van der Waals surface area contributed by atoms with Crippen LogP contribution in [0.2, 0.25) is 0 Å². The summed E-state index contributed by atoms with van der Waals surface area (Å²) in [7, 11) is 0. The number of rotatable bonds is 7. The molecule has 0 radical (unpaired) electrons. The lowest BCUT2D eigenvalue weighted by molar-refractivity contribution is 0.0972. The van der Waals surface area contributed by atoms with Crippen LogP contribution in [-0.2, 0) is 6.54 Å². The van der Waals surface area contributed by atoms with E-state index in [9.17, 15) is 4.79 Å². The molecule has 4 heteroatoms. The third-order valence-corrected chi connectivity index (χ3v) is 2.97. The summed E-state index contributed by atoms with van der Waals surface area (Å²) in [5.74, 6) is 0.700. The highest BCUT2D eigenvalue weighted by Crippen LogP contribution is 2.19. The first kappa shape index (κ1) is 17.2. The molecule has 2 rings (SSSR count). The Morgan fingerprint density at radius 2 is 1.71 bits per heavy atom. The molecule has 2 aromatic carbocycles. The quantitative estimate of drug-likeness (QED) is 0.616. The van der Waals surface area contributed by atoms with Crippen LogP contribution in [0.4, 0.5) is 0 Å². The van der Waals surface area contributed by atoms with Crippen molar-refractivity contribution in [3.63, 3.8) is 0 Å². The zero-order valence-corrected chi connectivity index (χ0v) is 12.9. The van der Waals surface area contributed by atoms with Gasteiger partial charge in [0.15, 0.2) is 11.5 Å². The molecule has 0 aliphatic carbocycles. The summed E-state index contributed by atoms with van der Waals surface area (Å²) in [6.07, 6.45) is 1.38. The van der Waals surface area contributed by atoms with E-state index in [0.29, 0.717) is 24.3 Å². The van der Waals surface area contributed by atoms with E-state index in [2.05, 4.69) is 5.48 Å². The minimum Gasteiger partial charge on any atom is -0.408 e. The summed E-state index contributed by atoms with van der Waals surface area (Å²) in [5.41, 5.74) is 4.67. The summed E-state index contributed by atoms with van der Waals surface area (Å²) < 4.78 is 0. The lowest BCUT2D eigenvalue weighted by Crippen LogP contribution is -2.19. The maximum atomic E-state index is 12.0. The number of carbonyl (C=O) groups excluding carboxylic acids is 1. The van der Waals surface area contributed by atoms with E-state index in [-0.39, 0.29) is 18.2 Å². The summed E-state index contributed by atoms with van der Waals surface area (Å²) in [6.45, 7) is 2.59. The fraction of sp³-hybridized carbons (Fsp3) is 0.235. The van der Waals surface area contributed by atoms with Gasteiger partial charge in [-0.3, -0.25) is 4.79 Å². The number of Topliss-reactive ketones (excluding diaryl/α,β-unsaturated/α-hetero) is 1. The molecule has 0 saturated heterocycles. The first-order valence-corrected chi connectivity index (χ1v) is 6.87. The zero-order valence-electron chi connectivity index (χ0n) is 12.0. The van der Waals surface area contributed by atoms with E-state index in [1.165, 1.54) is 0 Å².